The fraction of sp³-hybridized carbons (Fsp3) is 0.250. The van der Waals surface area contributed by atoms with E-state index in [0.717, 1.165) is 0 Å². The normalized spacial score (nSPS) is 13.2. The summed E-state index contributed by atoms with van der Waals surface area (Å²) in [6.45, 7) is 0. The minimum atomic E-state index is -5.29. The molecule has 206 valence electrons. The second kappa shape index (κ2) is 9.62. The first-order valence-corrected chi connectivity index (χ1v) is 10.3. The van der Waals surface area contributed by atoms with Crippen molar-refractivity contribution in [2.45, 2.75) is 37.5 Å². The van der Waals surface area contributed by atoms with Gasteiger partial charge in [-0.1, -0.05) is 24.3 Å². The van der Waals surface area contributed by atoms with Crippen LogP contribution in [0.2, 0.25) is 0 Å². The number of alkyl halides is 12. The van der Waals surface area contributed by atoms with Crippen LogP contribution < -0.4 is 0 Å². The van der Waals surface area contributed by atoms with Gasteiger partial charge in [-0.15, -0.1) is 0 Å². The van der Waals surface area contributed by atoms with Crippen molar-refractivity contribution in [1.82, 2.24) is 0 Å². The largest absolute Gasteiger partial charge is 0.507 e. The molecule has 0 spiro atoms. The molecule has 0 aromatic heterocycles. The molecule has 2 N–H and O–H groups in total. The minimum absolute atomic E-state index is 0.165. The van der Waals surface area contributed by atoms with Crippen molar-refractivity contribution in [3.05, 3.63) is 93.0 Å². The zero-order valence-corrected chi connectivity index (χ0v) is 18.5. The quantitative estimate of drug-likeness (QED) is 0.314. The van der Waals surface area contributed by atoms with E-state index in [4.69, 9.17) is 0 Å². The second-order valence-electron chi connectivity index (χ2n) is 8.24. The zero-order valence-electron chi connectivity index (χ0n) is 18.5. The Morgan fingerprint density at radius 1 is 0.395 bits per heavy atom. The molecule has 0 saturated heterocycles. The summed E-state index contributed by atoms with van der Waals surface area (Å²) in [5.41, 5.74) is -8.17. The zero-order chi connectivity index (χ0) is 28.8. The van der Waals surface area contributed by atoms with Crippen LogP contribution in [0.1, 0.15) is 44.5 Å². The maximum Gasteiger partial charge on any atom is 0.419 e. The molecule has 0 unspecified atom stereocenters. The lowest BCUT2D eigenvalue weighted by Crippen LogP contribution is -2.13. The van der Waals surface area contributed by atoms with Gasteiger partial charge in [0.2, 0.25) is 0 Å². The van der Waals surface area contributed by atoms with Gasteiger partial charge in [-0.25, -0.2) is 0 Å². The fourth-order valence-electron chi connectivity index (χ4n) is 3.70. The Morgan fingerprint density at radius 3 is 0.789 bits per heavy atom. The highest BCUT2D eigenvalue weighted by Crippen LogP contribution is 2.46. The molecule has 3 rings (SSSR count). The number of phenols is 2. The SMILES string of the molecule is Oc1c(C(F)(F)F)cc(Cc2ccc(Cc3cc(C(F)(F)F)c(O)c(C(F)(F)F)c3)cc2)cc1C(F)(F)F. The molecule has 0 aliphatic rings. The number of hydrogen-bond donors (Lipinski definition) is 2. The molecular weight excluding hydrogens is 548 g/mol. The molecule has 3 aromatic carbocycles. The summed E-state index contributed by atoms with van der Waals surface area (Å²) in [6.07, 6.45) is -22.1. The maximum absolute atomic E-state index is 13.1. The van der Waals surface area contributed by atoms with Crippen LogP contribution in [-0.4, -0.2) is 10.2 Å². The van der Waals surface area contributed by atoms with Crippen molar-refractivity contribution in [2.75, 3.05) is 0 Å². The van der Waals surface area contributed by atoms with Crippen LogP contribution in [-0.2, 0) is 37.5 Å². The summed E-state index contributed by atoms with van der Waals surface area (Å²) in [5, 5.41) is 19.0. The average molecular weight is 562 g/mol. The van der Waals surface area contributed by atoms with Crippen LogP contribution >= 0.6 is 0 Å². The standard InChI is InChI=1S/C24H14F12O2/c25-21(26,27)15-7-13(8-16(19(15)37)22(28,29)30)5-11-1-2-12(4-3-11)6-14-9-17(23(31,32)33)20(38)18(10-14)24(34,35)36/h1-4,7-10,37-38H,5-6H2. The Morgan fingerprint density at radius 2 is 0.605 bits per heavy atom. The van der Waals surface area contributed by atoms with Crippen molar-refractivity contribution in [2.24, 2.45) is 0 Å². The van der Waals surface area contributed by atoms with Crippen molar-refractivity contribution < 1.29 is 62.9 Å². The van der Waals surface area contributed by atoms with E-state index in [2.05, 4.69) is 0 Å². The fourth-order valence-corrected chi connectivity index (χ4v) is 3.70. The molecule has 0 aliphatic carbocycles. The lowest BCUT2D eigenvalue weighted by Gasteiger charge is -2.17. The van der Waals surface area contributed by atoms with Crippen molar-refractivity contribution in [1.29, 1.82) is 0 Å². The molecule has 0 radical (unpaired) electrons. The Labute approximate surface area is 205 Å². The number of halogens is 12. The topological polar surface area (TPSA) is 40.5 Å². The lowest BCUT2D eigenvalue weighted by molar-refractivity contribution is -0.147. The highest BCUT2D eigenvalue weighted by Gasteiger charge is 2.43. The van der Waals surface area contributed by atoms with Crippen LogP contribution in [0.4, 0.5) is 52.7 Å². The van der Waals surface area contributed by atoms with Gasteiger partial charge in [-0.3, -0.25) is 0 Å². The van der Waals surface area contributed by atoms with Crippen LogP contribution in [0.5, 0.6) is 11.5 Å². The van der Waals surface area contributed by atoms with E-state index in [1.807, 2.05) is 0 Å². The molecule has 0 amide bonds. The van der Waals surface area contributed by atoms with Crippen molar-refractivity contribution in [3.63, 3.8) is 0 Å². The van der Waals surface area contributed by atoms with E-state index < -0.39 is 82.4 Å². The summed E-state index contributed by atoms with van der Waals surface area (Å²) < 4.78 is 158. The third kappa shape index (κ3) is 6.45. The van der Waals surface area contributed by atoms with Gasteiger partial charge < -0.3 is 10.2 Å². The summed E-state index contributed by atoms with van der Waals surface area (Å²) in [7, 11) is 0. The van der Waals surface area contributed by atoms with Crippen LogP contribution in [0.15, 0.2) is 48.5 Å². The maximum atomic E-state index is 13.1. The average Bonchev–Trinajstić information content (AvgIpc) is 2.74. The molecule has 0 fully saturated rings. The van der Waals surface area contributed by atoms with Gasteiger partial charge in [-0.2, -0.15) is 52.7 Å². The lowest BCUT2D eigenvalue weighted by atomic mass is 9.95. The highest BCUT2D eigenvalue weighted by atomic mass is 19.4. The Bertz CT molecular complexity index is 1140. The molecule has 0 aliphatic heterocycles. The molecule has 0 heterocycles. The third-order valence-electron chi connectivity index (χ3n) is 5.40. The monoisotopic (exact) mass is 562 g/mol. The van der Waals surface area contributed by atoms with Gasteiger partial charge in [0.15, 0.2) is 0 Å². The van der Waals surface area contributed by atoms with Crippen molar-refractivity contribution in [3.8, 4) is 11.5 Å². The Kier molecular flexibility index (Phi) is 7.34. The summed E-state index contributed by atoms with van der Waals surface area (Å²) in [4.78, 5) is 0. The number of rotatable bonds is 4. The molecule has 38 heavy (non-hydrogen) atoms. The van der Waals surface area contributed by atoms with Gasteiger partial charge in [0.25, 0.3) is 0 Å². The highest BCUT2D eigenvalue weighted by molar-refractivity contribution is 5.49. The van der Waals surface area contributed by atoms with Crippen LogP contribution in [0.3, 0.4) is 0 Å². The Balaban J connectivity index is 1.93. The van der Waals surface area contributed by atoms with Crippen molar-refractivity contribution >= 4 is 0 Å². The summed E-state index contributed by atoms with van der Waals surface area (Å²) >= 11 is 0. The van der Waals surface area contributed by atoms with E-state index in [1.54, 1.807) is 0 Å². The first kappa shape index (κ1) is 29.0. The Hall–Kier alpha value is -3.58. The minimum Gasteiger partial charge on any atom is -0.507 e. The van der Waals surface area contributed by atoms with Gasteiger partial charge in [0.1, 0.15) is 11.5 Å². The summed E-state index contributed by atoms with van der Waals surface area (Å²) in [6, 6.07) is 6.24. The van der Waals surface area contributed by atoms with Gasteiger partial charge in [0.05, 0.1) is 22.3 Å². The van der Waals surface area contributed by atoms with E-state index in [1.165, 1.54) is 24.3 Å². The first-order valence-electron chi connectivity index (χ1n) is 10.3. The van der Waals surface area contributed by atoms with E-state index in [9.17, 15) is 62.9 Å². The smallest absolute Gasteiger partial charge is 0.419 e. The van der Waals surface area contributed by atoms with E-state index in [-0.39, 0.29) is 11.1 Å². The predicted molar refractivity (Wildman–Crippen MR) is 108 cm³/mol. The van der Waals surface area contributed by atoms with Gasteiger partial charge >= 0.3 is 24.7 Å². The number of benzene rings is 3. The molecule has 0 bridgehead atoms. The van der Waals surface area contributed by atoms with Crippen LogP contribution in [0.25, 0.3) is 0 Å². The predicted octanol–water partition coefficient (Wildman–Crippen LogP) is 8.35. The molecule has 2 nitrogen and oxygen atoms in total. The molecule has 14 heteroatoms. The summed E-state index contributed by atoms with van der Waals surface area (Å²) in [5.74, 6) is -3.95. The van der Waals surface area contributed by atoms with Gasteiger partial charge in [0, 0.05) is 0 Å². The molecule has 3 aromatic rings. The van der Waals surface area contributed by atoms with Crippen LogP contribution in [0, 0.1) is 0 Å². The third-order valence-corrected chi connectivity index (χ3v) is 5.40. The van der Waals surface area contributed by atoms with Gasteiger partial charge in [-0.05, 0) is 59.4 Å². The van der Waals surface area contributed by atoms with E-state index >= 15 is 0 Å². The first-order chi connectivity index (χ1) is 17.2. The second-order valence-corrected chi connectivity index (χ2v) is 8.24. The molecule has 0 saturated carbocycles. The number of hydrogen-bond acceptors (Lipinski definition) is 2. The molecular formula is C24H14F12O2. The number of phenolic OH excluding ortho intramolecular Hbond substituents is 2. The van der Waals surface area contributed by atoms with E-state index in [0.29, 0.717) is 24.3 Å². The number of aromatic hydroxyl groups is 2. The molecule has 0 atom stereocenters.